The summed E-state index contributed by atoms with van der Waals surface area (Å²) < 4.78 is 23.3. The molecule has 2 fully saturated rings. The summed E-state index contributed by atoms with van der Waals surface area (Å²) in [7, 11) is -3.17. The number of carbonyl (C=O) groups excluding carboxylic acids is 1. The summed E-state index contributed by atoms with van der Waals surface area (Å²) in [6, 6.07) is 30.8. The van der Waals surface area contributed by atoms with Crippen molar-refractivity contribution in [1.82, 2.24) is 20.1 Å². The van der Waals surface area contributed by atoms with Crippen molar-refractivity contribution in [3.63, 3.8) is 0 Å². The van der Waals surface area contributed by atoms with Gasteiger partial charge < -0.3 is 10.2 Å². The van der Waals surface area contributed by atoms with Crippen LogP contribution in [0.5, 0.6) is 0 Å². The fourth-order valence-corrected chi connectivity index (χ4v) is 7.70. The SMILES string of the molecule is CS(=O)(=O)c1ccc(CCNCc2ccc(-c3ccc(CN(C(=O)C4CCCC4)C4CCN(Cc5ccccc5)CC4)cc3)nc2)cc1. The second-order valence-corrected chi connectivity index (χ2v) is 15.5. The van der Waals surface area contributed by atoms with Gasteiger partial charge >= 0.3 is 0 Å². The standard InChI is InChI=1S/C40H48N4O3S/c1-48(46,47)38-18-13-31(14-19-38)21-24-41-27-34-15-20-39(42-28-34)35-16-11-33(12-17-35)30-44(40(45)36-9-5-6-10-36)37-22-25-43(26-23-37)29-32-7-3-2-4-8-32/h2-4,7-8,11-20,28,36-37,41H,5-6,9-10,21-27,29-30H2,1H3. The number of piperidine rings is 1. The van der Waals surface area contributed by atoms with Gasteiger partial charge in [-0.05, 0) is 79.1 Å². The van der Waals surface area contributed by atoms with Crippen LogP contribution in [0.25, 0.3) is 11.3 Å². The first-order valence-corrected chi connectivity index (χ1v) is 19.3. The van der Waals surface area contributed by atoms with Crippen LogP contribution in [-0.4, -0.2) is 61.0 Å². The Bertz CT molecular complexity index is 1710. The molecule has 1 aliphatic heterocycles. The maximum absolute atomic E-state index is 13.8. The summed E-state index contributed by atoms with van der Waals surface area (Å²) in [5.74, 6) is 0.533. The second kappa shape index (κ2) is 16.0. The number of amides is 1. The van der Waals surface area contributed by atoms with Crippen molar-refractivity contribution in [1.29, 1.82) is 0 Å². The highest BCUT2D eigenvalue weighted by Crippen LogP contribution is 2.30. The van der Waals surface area contributed by atoms with Crippen molar-refractivity contribution >= 4 is 15.7 Å². The minimum atomic E-state index is -3.17. The van der Waals surface area contributed by atoms with E-state index in [1.54, 1.807) is 12.1 Å². The topological polar surface area (TPSA) is 82.6 Å². The molecule has 0 unspecified atom stereocenters. The van der Waals surface area contributed by atoms with Gasteiger partial charge in [-0.25, -0.2) is 8.42 Å². The first-order valence-electron chi connectivity index (χ1n) is 17.4. The van der Waals surface area contributed by atoms with Crippen LogP contribution in [0.4, 0.5) is 0 Å². The quantitative estimate of drug-likeness (QED) is 0.161. The smallest absolute Gasteiger partial charge is 0.226 e. The molecule has 48 heavy (non-hydrogen) atoms. The number of aromatic nitrogens is 1. The molecule has 3 aromatic carbocycles. The number of rotatable bonds is 13. The molecule has 1 saturated heterocycles. The Morgan fingerprint density at radius 3 is 2.12 bits per heavy atom. The lowest BCUT2D eigenvalue weighted by Crippen LogP contribution is -2.48. The van der Waals surface area contributed by atoms with Crippen molar-refractivity contribution < 1.29 is 13.2 Å². The first kappa shape index (κ1) is 34.0. The third-order valence-corrected chi connectivity index (χ3v) is 11.1. The van der Waals surface area contributed by atoms with E-state index in [0.717, 1.165) is 80.7 Å². The molecular formula is C40H48N4O3S. The van der Waals surface area contributed by atoms with Gasteiger partial charge in [0.25, 0.3) is 0 Å². The highest BCUT2D eigenvalue weighted by Gasteiger charge is 2.33. The average molecular weight is 665 g/mol. The van der Waals surface area contributed by atoms with E-state index in [9.17, 15) is 13.2 Å². The zero-order chi connectivity index (χ0) is 33.3. The predicted octanol–water partition coefficient (Wildman–Crippen LogP) is 6.67. The number of nitrogens with zero attached hydrogens (tertiary/aromatic N) is 3. The van der Waals surface area contributed by atoms with Crippen LogP contribution < -0.4 is 5.32 Å². The molecule has 2 heterocycles. The fourth-order valence-electron chi connectivity index (χ4n) is 7.07. The molecule has 2 aliphatic rings. The van der Waals surface area contributed by atoms with E-state index in [1.807, 2.05) is 18.3 Å². The Balaban J connectivity index is 1.01. The van der Waals surface area contributed by atoms with Crippen LogP contribution in [0.1, 0.15) is 60.8 Å². The Morgan fingerprint density at radius 2 is 1.48 bits per heavy atom. The van der Waals surface area contributed by atoms with E-state index >= 15 is 0 Å². The van der Waals surface area contributed by atoms with Gasteiger partial charge in [0.1, 0.15) is 0 Å². The first-order chi connectivity index (χ1) is 23.3. The molecule has 1 aromatic heterocycles. The van der Waals surface area contributed by atoms with Crippen LogP contribution >= 0.6 is 0 Å². The van der Waals surface area contributed by atoms with E-state index in [0.29, 0.717) is 23.9 Å². The summed E-state index contributed by atoms with van der Waals surface area (Å²) >= 11 is 0. The molecule has 4 aromatic rings. The lowest BCUT2D eigenvalue weighted by Gasteiger charge is -2.40. The van der Waals surface area contributed by atoms with Gasteiger partial charge in [-0.2, -0.15) is 0 Å². The Labute approximate surface area is 286 Å². The van der Waals surface area contributed by atoms with E-state index in [4.69, 9.17) is 4.98 Å². The highest BCUT2D eigenvalue weighted by molar-refractivity contribution is 7.90. The molecule has 1 amide bonds. The minimum absolute atomic E-state index is 0.178. The van der Waals surface area contributed by atoms with Gasteiger partial charge in [0, 0.05) is 62.7 Å². The molecular weight excluding hydrogens is 617 g/mol. The molecule has 7 nitrogen and oxygen atoms in total. The molecule has 8 heteroatoms. The monoisotopic (exact) mass is 664 g/mol. The van der Waals surface area contributed by atoms with E-state index < -0.39 is 9.84 Å². The number of nitrogens with one attached hydrogen (secondary N) is 1. The number of benzene rings is 3. The van der Waals surface area contributed by atoms with E-state index in [2.05, 4.69) is 81.8 Å². The number of sulfone groups is 1. The predicted molar refractivity (Wildman–Crippen MR) is 192 cm³/mol. The van der Waals surface area contributed by atoms with E-state index in [1.165, 1.54) is 30.2 Å². The molecule has 1 N–H and O–H groups in total. The largest absolute Gasteiger partial charge is 0.335 e. The van der Waals surface area contributed by atoms with E-state index in [-0.39, 0.29) is 12.0 Å². The van der Waals surface area contributed by atoms with Crippen molar-refractivity contribution in [3.05, 3.63) is 119 Å². The van der Waals surface area contributed by atoms with Gasteiger partial charge in [0.15, 0.2) is 9.84 Å². The number of pyridine rings is 1. The number of carbonyl (C=O) groups is 1. The average Bonchev–Trinajstić information content (AvgIpc) is 3.66. The third-order valence-electron chi connectivity index (χ3n) is 9.93. The molecule has 0 atom stereocenters. The Morgan fingerprint density at radius 1 is 0.812 bits per heavy atom. The summed E-state index contributed by atoms with van der Waals surface area (Å²) in [6.45, 7) is 5.18. The van der Waals surface area contributed by atoms with Crippen LogP contribution in [-0.2, 0) is 40.7 Å². The molecule has 1 aliphatic carbocycles. The summed E-state index contributed by atoms with van der Waals surface area (Å²) in [5, 5.41) is 3.46. The lowest BCUT2D eigenvalue weighted by atomic mass is 9.98. The molecule has 0 radical (unpaired) electrons. The van der Waals surface area contributed by atoms with Gasteiger partial charge in [-0.15, -0.1) is 0 Å². The van der Waals surface area contributed by atoms with Crippen LogP contribution in [0.15, 0.2) is 102 Å². The van der Waals surface area contributed by atoms with Gasteiger partial charge in [-0.3, -0.25) is 14.7 Å². The lowest BCUT2D eigenvalue weighted by molar-refractivity contribution is -0.139. The molecule has 6 rings (SSSR count). The third kappa shape index (κ3) is 9.19. The summed E-state index contributed by atoms with van der Waals surface area (Å²) in [4.78, 5) is 23.7. The molecule has 0 bridgehead atoms. The van der Waals surface area contributed by atoms with Gasteiger partial charge in [-0.1, -0.05) is 85.6 Å². The number of hydrogen-bond donors (Lipinski definition) is 1. The van der Waals surface area contributed by atoms with Crippen molar-refractivity contribution in [2.75, 3.05) is 25.9 Å². The Kier molecular flexibility index (Phi) is 11.4. The normalized spacial score (nSPS) is 16.3. The zero-order valence-electron chi connectivity index (χ0n) is 28.1. The number of likely N-dealkylation sites (tertiary alicyclic amines) is 1. The van der Waals surface area contributed by atoms with Crippen LogP contribution in [0.3, 0.4) is 0 Å². The molecule has 0 spiro atoms. The van der Waals surface area contributed by atoms with Crippen LogP contribution in [0, 0.1) is 5.92 Å². The maximum Gasteiger partial charge on any atom is 0.226 e. The maximum atomic E-state index is 13.8. The van der Waals surface area contributed by atoms with Crippen molar-refractivity contribution in [2.24, 2.45) is 5.92 Å². The highest BCUT2D eigenvalue weighted by atomic mass is 32.2. The molecule has 252 valence electrons. The fraction of sp³-hybridized carbons (Fsp3) is 0.400. The summed E-state index contributed by atoms with van der Waals surface area (Å²) in [5.41, 5.74) is 6.73. The summed E-state index contributed by atoms with van der Waals surface area (Å²) in [6.07, 6.45) is 10.4. The minimum Gasteiger partial charge on any atom is -0.335 e. The van der Waals surface area contributed by atoms with Gasteiger partial charge in [0.2, 0.25) is 5.91 Å². The zero-order valence-corrected chi connectivity index (χ0v) is 28.9. The van der Waals surface area contributed by atoms with Crippen molar-refractivity contribution in [3.8, 4) is 11.3 Å². The second-order valence-electron chi connectivity index (χ2n) is 13.5. The van der Waals surface area contributed by atoms with Crippen LogP contribution in [0.2, 0.25) is 0 Å². The van der Waals surface area contributed by atoms with Gasteiger partial charge in [0.05, 0.1) is 10.6 Å². The Hall–Kier alpha value is -3.85. The molecule has 1 saturated carbocycles. The number of hydrogen-bond acceptors (Lipinski definition) is 6. The van der Waals surface area contributed by atoms with Crippen molar-refractivity contribution in [2.45, 2.75) is 75.5 Å².